The molecule has 0 aromatic heterocycles. The molecule has 0 N–H and O–H groups in total. The van der Waals surface area contributed by atoms with Gasteiger partial charge in [0.2, 0.25) is 5.29 Å². The molecule has 0 aliphatic heterocycles. The van der Waals surface area contributed by atoms with Gasteiger partial charge in [-0.15, -0.1) is 0 Å². The quantitative estimate of drug-likeness (QED) is 0.223. The van der Waals surface area contributed by atoms with Crippen LogP contribution in [0.1, 0.15) is 6.92 Å². The molecule has 3 nitrogen and oxygen atoms in total. The van der Waals surface area contributed by atoms with Crippen LogP contribution in [0.4, 0.5) is 0 Å². The normalized spacial score (nSPS) is 12.2. The van der Waals surface area contributed by atoms with Gasteiger partial charge in [0.05, 0.1) is 12.8 Å². The van der Waals surface area contributed by atoms with Gasteiger partial charge in [0.1, 0.15) is 0 Å². The largest absolute Gasteiger partial charge is 0.275 e. The summed E-state index contributed by atoms with van der Waals surface area (Å²) in [6, 6.07) is 0. The van der Waals surface area contributed by atoms with Crippen molar-refractivity contribution >= 4 is 16.9 Å². The number of rotatable bonds is 3. The van der Waals surface area contributed by atoms with Gasteiger partial charge in [-0.1, -0.05) is 12.7 Å². The SMILES string of the molecule is C=C(/C=C\C)/N=C(/Cl)N(C)OC. The summed E-state index contributed by atoms with van der Waals surface area (Å²) in [5, 5.41) is 1.59. The Bertz CT molecular complexity index is 211. The first-order valence-electron chi connectivity index (χ1n) is 3.45. The molecule has 0 amide bonds. The van der Waals surface area contributed by atoms with Gasteiger partial charge in [0.15, 0.2) is 0 Å². The number of allylic oxidation sites excluding steroid dienone is 2. The fourth-order valence-electron chi connectivity index (χ4n) is 0.494. The van der Waals surface area contributed by atoms with Crippen LogP contribution in [0.2, 0.25) is 0 Å². The highest BCUT2D eigenvalue weighted by molar-refractivity contribution is 6.64. The molecular weight excluding hydrogens is 176 g/mol. The molecule has 68 valence electrons. The third-order valence-corrected chi connectivity index (χ3v) is 1.45. The number of amidine groups is 1. The van der Waals surface area contributed by atoms with Gasteiger partial charge in [-0.3, -0.25) is 4.84 Å². The zero-order valence-electron chi connectivity index (χ0n) is 7.54. The summed E-state index contributed by atoms with van der Waals surface area (Å²) in [4.78, 5) is 8.74. The number of halogens is 1. The van der Waals surface area contributed by atoms with Crippen molar-refractivity contribution in [2.75, 3.05) is 14.2 Å². The minimum atomic E-state index is 0.251. The summed E-state index contributed by atoms with van der Waals surface area (Å²) in [6.45, 7) is 5.54. The van der Waals surface area contributed by atoms with E-state index in [0.717, 1.165) is 0 Å². The monoisotopic (exact) mass is 188 g/mol. The molecule has 0 aliphatic rings. The minimum Gasteiger partial charge on any atom is -0.275 e. The molecule has 0 bridgehead atoms. The lowest BCUT2D eigenvalue weighted by Crippen LogP contribution is -2.20. The van der Waals surface area contributed by atoms with E-state index in [1.54, 1.807) is 13.1 Å². The van der Waals surface area contributed by atoms with E-state index in [1.807, 2.05) is 13.0 Å². The Labute approximate surface area is 77.9 Å². The van der Waals surface area contributed by atoms with Gasteiger partial charge in [-0.05, 0) is 24.6 Å². The average Bonchev–Trinajstić information content (AvgIpc) is 2.03. The summed E-state index contributed by atoms with van der Waals surface area (Å²) in [5.74, 6) is 0. The Hall–Kier alpha value is -0.800. The van der Waals surface area contributed by atoms with Crippen LogP contribution in [0, 0.1) is 0 Å². The first-order valence-corrected chi connectivity index (χ1v) is 3.83. The standard InChI is InChI=1S/C8H13ClN2O/c1-5-6-7(2)10-8(9)11(3)12-4/h5-6H,2H2,1,3-4H3/b6-5-,10-8-. The van der Waals surface area contributed by atoms with E-state index in [-0.39, 0.29) is 5.29 Å². The molecule has 0 unspecified atom stereocenters. The van der Waals surface area contributed by atoms with Crippen LogP contribution in [-0.2, 0) is 4.84 Å². The second kappa shape index (κ2) is 5.80. The fraction of sp³-hybridized carbons (Fsp3) is 0.375. The highest BCUT2D eigenvalue weighted by atomic mass is 35.5. The van der Waals surface area contributed by atoms with E-state index in [0.29, 0.717) is 5.70 Å². The molecule has 0 saturated carbocycles. The molecule has 0 fully saturated rings. The summed E-state index contributed by atoms with van der Waals surface area (Å²) in [7, 11) is 3.17. The smallest absolute Gasteiger partial charge is 0.223 e. The maximum atomic E-state index is 5.72. The van der Waals surface area contributed by atoms with Crippen molar-refractivity contribution in [2.24, 2.45) is 4.99 Å². The fourth-order valence-corrected chi connectivity index (χ4v) is 0.671. The first-order chi connectivity index (χ1) is 5.61. The number of nitrogens with zero attached hydrogens (tertiary/aromatic N) is 2. The summed E-state index contributed by atoms with van der Waals surface area (Å²) >= 11 is 5.72. The van der Waals surface area contributed by atoms with E-state index in [4.69, 9.17) is 16.4 Å². The lowest BCUT2D eigenvalue weighted by atomic mass is 10.4. The Morgan fingerprint density at radius 2 is 2.25 bits per heavy atom. The Morgan fingerprint density at radius 3 is 2.67 bits per heavy atom. The van der Waals surface area contributed by atoms with Crippen LogP contribution < -0.4 is 0 Å². The van der Waals surface area contributed by atoms with Gasteiger partial charge in [0, 0.05) is 7.05 Å². The highest BCUT2D eigenvalue weighted by Crippen LogP contribution is 2.01. The van der Waals surface area contributed by atoms with Crippen LogP contribution in [0.15, 0.2) is 29.4 Å². The van der Waals surface area contributed by atoms with E-state index in [9.17, 15) is 0 Å². The number of hydrogen-bond acceptors (Lipinski definition) is 2. The van der Waals surface area contributed by atoms with Crippen molar-refractivity contribution in [1.29, 1.82) is 0 Å². The topological polar surface area (TPSA) is 24.8 Å². The van der Waals surface area contributed by atoms with E-state index in [1.165, 1.54) is 12.2 Å². The molecule has 0 heterocycles. The van der Waals surface area contributed by atoms with E-state index < -0.39 is 0 Å². The molecule has 0 rings (SSSR count). The molecule has 0 saturated heterocycles. The molecule has 12 heavy (non-hydrogen) atoms. The molecule has 0 aromatic rings. The van der Waals surface area contributed by atoms with Crippen LogP contribution >= 0.6 is 11.6 Å². The van der Waals surface area contributed by atoms with Gasteiger partial charge in [-0.2, -0.15) is 0 Å². The summed E-state index contributed by atoms with van der Waals surface area (Å²) in [5.41, 5.74) is 0.589. The van der Waals surface area contributed by atoms with Crippen molar-refractivity contribution in [3.8, 4) is 0 Å². The van der Waals surface area contributed by atoms with Crippen LogP contribution in [0.3, 0.4) is 0 Å². The molecule has 0 aliphatic carbocycles. The number of hydrogen-bond donors (Lipinski definition) is 0. The lowest BCUT2D eigenvalue weighted by Gasteiger charge is -2.12. The number of hydroxylamine groups is 2. The van der Waals surface area contributed by atoms with Crippen LogP contribution in [0.25, 0.3) is 0 Å². The molecular formula is C8H13ClN2O. The first kappa shape index (κ1) is 11.2. The van der Waals surface area contributed by atoms with Crippen molar-refractivity contribution in [3.63, 3.8) is 0 Å². The Balaban J connectivity index is 4.24. The minimum absolute atomic E-state index is 0.251. The second-order valence-corrected chi connectivity index (χ2v) is 2.39. The van der Waals surface area contributed by atoms with Crippen LogP contribution in [-0.4, -0.2) is 24.5 Å². The van der Waals surface area contributed by atoms with E-state index in [2.05, 4.69) is 11.6 Å². The van der Waals surface area contributed by atoms with Crippen molar-refractivity contribution < 1.29 is 4.84 Å². The number of aliphatic imine (C=N–C) groups is 1. The van der Waals surface area contributed by atoms with Crippen molar-refractivity contribution in [1.82, 2.24) is 5.06 Å². The Morgan fingerprint density at radius 1 is 1.67 bits per heavy atom. The van der Waals surface area contributed by atoms with E-state index >= 15 is 0 Å². The van der Waals surface area contributed by atoms with Gasteiger partial charge >= 0.3 is 0 Å². The predicted octanol–water partition coefficient (Wildman–Crippen LogP) is 2.16. The lowest BCUT2D eigenvalue weighted by molar-refractivity contribution is -0.0388. The highest BCUT2D eigenvalue weighted by Gasteiger charge is 1.99. The van der Waals surface area contributed by atoms with Gasteiger partial charge in [-0.25, -0.2) is 10.1 Å². The Kier molecular flexibility index (Phi) is 5.41. The molecule has 0 spiro atoms. The zero-order chi connectivity index (χ0) is 9.56. The van der Waals surface area contributed by atoms with Crippen LogP contribution in [0.5, 0.6) is 0 Å². The zero-order valence-corrected chi connectivity index (χ0v) is 8.30. The summed E-state index contributed by atoms with van der Waals surface area (Å²) < 4.78 is 0. The second-order valence-electron chi connectivity index (χ2n) is 2.05. The molecule has 0 aromatic carbocycles. The molecule has 4 heteroatoms. The van der Waals surface area contributed by atoms with Gasteiger partial charge in [0.25, 0.3) is 0 Å². The van der Waals surface area contributed by atoms with Crippen molar-refractivity contribution in [3.05, 3.63) is 24.4 Å². The van der Waals surface area contributed by atoms with Gasteiger partial charge < -0.3 is 0 Å². The third-order valence-electron chi connectivity index (χ3n) is 1.13. The molecule has 0 atom stereocenters. The average molecular weight is 189 g/mol. The molecule has 0 radical (unpaired) electrons. The summed E-state index contributed by atoms with van der Waals surface area (Å²) in [6.07, 6.45) is 3.59. The third kappa shape index (κ3) is 4.16. The van der Waals surface area contributed by atoms with Crippen molar-refractivity contribution in [2.45, 2.75) is 6.92 Å². The maximum absolute atomic E-state index is 5.72. The maximum Gasteiger partial charge on any atom is 0.223 e. The predicted molar refractivity (Wildman–Crippen MR) is 52.0 cm³/mol.